The number of rotatable bonds is 4. The molecule has 3 aliphatic rings. The minimum atomic E-state index is -0.304. The Morgan fingerprint density at radius 3 is 2.29 bits per heavy atom. The lowest BCUT2D eigenvalue weighted by molar-refractivity contribution is 0.105. The molecule has 2 fully saturated rings. The highest BCUT2D eigenvalue weighted by Crippen LogP contribution is 2.47. The van der Waals surface area contributed by atoms with Crippen molar-refractivity contribution in [3.63, 3.8) is 0 Å². The molecule has 34 heavy (non-hydrogen) atoms. The number of benzene rings is 2. The predicted molar refractivity (Wildman–Crippen MR) is 136 cm³/mol. The molecule has 0 spiro atoms. The number of carbonyl (C=O) groups excluding carboxylic acids is 1. The van der Waals surface area contributed by atoms with Crippen molar-refractivity contribution in [3.05, 3.63) is 64.2 Å². The number of carbonyl (C=O) groups is 1. The summed E-state index contributed by atoms with van der Waals surface area (Å²) in [5.74, 6) is 0.787. The number of methoxy groups -OCH3 is 1. The smallest absolute Gasteiger partial charge is 0.194 e. The van der Waals surface area contributed by atoms with Crippen LogP contribution in [-0.4, -0.2) is 50.0 Å². The van der Waals surface area contributed by atoms with E-state index in [2.05, 4.69) is 42.7 Å². The van der Waals surface area contributed by atoms with Gasteiger partial charge in [-0.2, -0.15) is 5.26 Å². The maximum atomic E-state index is 13.8. The fourth-order valence-electron chi connectivity index (χ4n) is 5.64. The SMILES string of the molecule is COc1cc2c(cc1N1CCN(C3CCC3)CC1)C(C)(C)C(C)=C(c1ccc(C#N)cc1)C2=O. The first-order chi connectivity index (χ1) is 16.3. The molecule has 2 aromatic rings. The molecule has 0 atom stereocenters. The van der Waals surface area contributed by atoms with Gasteiger partial charge < -0.3 is 9.64 Å². The number of nitrogens with zero attached hydrogens (tertiary/aromatic N) is 3. The van der Waals surface area contributed by atoms with E-state index in [0.717, 1.165) is 65.9 Å². The molecule has 5 heteroatoms. The Balaban J connectivity index is 1.52. The van der Waals surface area contributed by atoms with Crippen molar-refractivity contribution in [1.29, 1.82) is 5.26 Å². The third kappa shape index (κ3) is 3.61. The topological polar surface area (TPSA) is 56.6 Å². The normalized spacial score (nSPS) is 20.6. The van der Waals surface area contributed by atoms with E-state index in [9.17, 15) is 4.79 Å². The van der Waals surface area contributed by atoms with Gasteiger partial charge in [-0.05, 0) is 55.2 Å². The van der Waals surface area contributed by atoms with E-state index >= 15 is 0 Å². The van der Waals surface area contributed by atoms with Gasteiger partial charge in [-0.15, -0.1) is 0 Å². The summed E-state index contributed by atoms with van der Waals surface area (Å²) in [7, 11) is 1.69. The first kappa shape index (κ1) is 22.7. The molecular formula is C29H33N3O2. The maximum absolute atomic E-state index is 13.8. The quantitative estimate of drug-likeness (QED) is 0.635. The minimum absolute atomic E-state index is 0.0242. The number of ketones is 1. The van der Waals surface area contributed by atoms with Crippen molar-refractivity contribution < 1.29 is 9.53 Å². The summed E-state index contributed by atoms with van der Waals surface area (Å²) in [6, 6.07) is 14.4. The summed E-state index contributed by atoms with van der Waals surface area (Å²) in [5, 5.41) is 9.15. The minimum Gasteiger partial charge on any atom is -0.495 e. The largest absolute Gasteiger partial charge is 0.495 e. The number of hydrogen-bond acceptors (Lipinski definition) is 5. The van der Waals surface area contributed by atoms with Crippen molar-refractivity contribution in [2.45, 2.75) is 51.5 Å². The van der Waals surface area contributed by atoms with Crippen LogP contribution in [-0.2, 0) is 5.41 Å². The molecule has 0 radical (unpaired) electrons. The van der Waals surface area contributed by atoms with Crippen LogP contribution in [0.15, 0.2) is 42.0 Å². The van der Waals surface area contributed by atoms with Crippen molar-refractivity contribution in [2.75, 3.05) is 38.2 Å². The first-order valence-electron chi connectivity index (χ1n) is 12.3. The third-order valence-corrected chi connectivity index (χ3v) is 8.33. The molecule has 0 N–H and O–H groups in total. The number of anilines is 1. The number of piperazine rings is 1. The molecule has 0 amide bonds. The first-order valence-corrected chi connectivity index (χ1v) is 12.3. The second-order valence-corrected chi connectivity index (χ2v) is 10.3. The maximum Gasteiger partial charge on any atom is 0.194 e. The molecule has 1 aliphatic heterocycles. The van der Waals surface area contributed by atoms with Gasteiger partial charge in [-0.3, -0.25) is 9.69 Å². The molecule has 176 valence electrons. The van der Waals surface area contributed by atoms with Crippen molar-refractivity contribution in [1.82, 2.24) is 4.90 Å². The average Bonchev–Trinajstić information content (AvgIpc) is 2.82. The molecule has 5 rings (SSSR count). The summed E-state index contributed by atoms with van der Waals surface area (Å²) in [5.41, 5.74) is 5.79. The molecule has 2 aliphatic carbocycles. The van der Waals surface area contributed by atoms with Crippen LogP contribution in [0.5, 0.6) is 5.75 Å². The monoisotopic (exact) mass is 455 g/mol. The Morgan fingerprint density at radius 1 is 1.06 bits per heavy atom. The molecule has 0 bridgehead atoms. The van der Waals surface area contributed by atoms with Crippen LogP contribution in [0, 0.1) is 11.3 Å². The Hall–Kier alpha value is -3.10. The van der Waals surface area contributed by atoms with Gasteiger partial charge in [0.15, 0.2) is 5.78 Å². The second-order valence-electron chi connectivity index (χ2n) is 10.3. The van der Waals surface area contributed by atoms with Gasteiger partial charge in [-0.25, -0.2) is 0 Å². The van der Waals surface area contributed by atoms with E-state index in [1.54, 1.807) is 19.2 Å². The number of allylic oxidation sites excluding steroid dienone is 2. The number of nitriles is 1. The van der Waals surface area contributed by atoms with Crippen LogP contribution < -0.4 is 9.64 Å². The molecule has 5 nitrogen and oxygen atoms in total. The van der Waals surface area contributed by atoms with Crippen LogP contribution >= 0.6 is 0 Å². The summed E-state index contributed by atoms with van der Waals surface area (Å²) in [6.07, 6.45) is 4.04. The van der Waals surface area contributed by atoms with Gasteiger partial charge >= 0.3 is 0 Å². The van der Waals surface area contributed by atoms with Crippen LogP contribution in [0.4, 0.5) is 5.69 Å². The average molecular weight is 456 g/mol. The molecule has 1 heterocycles. The zero-order valence-electron chi connectivity index (χ0n) is 20.6. The summed E-state index contributed by atoms with van der Waals surface area (Å²) in [6.45, 7) is 10.6. The zero-order valence-corrected chi connectivity index (χ0v) is 20.6. The predicted octanol–water partition coefficient (Wildman–Crippen LogP) is 5.19. The Kier molecular flexibility index (Phi) is 5.73. The highest BCUT2D eigenvalue weighted by atomic mass is 16.5. The highest BCUT2D eigenvalue weighted by molar-refractivity contribution is 6.32. The van der Waals surface area contributed by atoms with E-state index < -0.39 is 0 Å². The van der Waals surface area contributed by atoms with E-state index in [1.165, 1.54) is 19.3 Å². The molecular weight excluding hydrogens is 422 g/mol. The molecule has 0 unspecified atom stereocenters. The highest BCUT2D eigenvalue weighted by Gasteiger charge is 2.39. The van der Waals surface area contributed by atoms with Crippen molar-refractivity contribution in [2.24, 2.45) is 0 Å². The Labute approximate surface area is 202 Å². The number of hydrogen-bond donors (Lipinski definition) is 0. The zero-order chi connectivity index (χ0) is 24.0. The van der Waals surface area contributed by atoms with Gasteiger partial charge in [0.05, 0.1) is 24.4 Å². The van der Waals surface area contributed by atoms with Crippen LogP contribution in [0.1, 0.15) is 67.1 Å². The van der Waals surface area contributed by atoms with Crippen LogP contribution in [0.3, 0.4) is 0 Å². The molecule has 2 aromatic carbocycles. The second kappa shape index (κ2) is 8.60. The van der Waals surface area contributed by atoms with Crippen molar-refractivity contribution >= 4 is 17.0 Å². The van der Waals surface area contributed by atoms with Gasteiger partial charge in [-0.1, -0.05) is 38.0 Å². The van der Waals surface area contributed by atoms with Crippen molar-refractivity contribution in [3.8, 4) is 11.8 Å². The molecule has 0 aromatic heterocycles. The van der Waals surface area contributed by atoms with Gasteiger partial charge in [0, 0.05) is 48.8 Å². The Morgan fingerprint density at radius 2 is 1.74 bits per heavy atom. The standard InChI is InChI=1S/C29H33N3O2/c1-19-27(21-10-8-20(18-30)9-11-21)28(33)23-16-26(34-4)25(17-24(23)29(19,2)3)32-14-12-31(13-15-32)22-6-5-7-22/h8-11,16-17,22H,5-7,12-15H2,1-4H3. The van der Waals surface area contributed by atoms with E-state index in [4.69, 9.17) is 10.00 Å². The fraction of sp³-hybridized carbons (Fsp3) is 0.448. The van der Waals surface area contributed by atoms with Crippen LogP contribution in [0.2, 0.25) is 0 Å². The van der Waals surface area contributed by atoms with E-state index in [-0.39, 0.29) is 11.2 Å². The fourth-order valence-corrected chi connectivity index (χ4v) is 5.64. The number of fused-ring (bicyclic) bond motifs is 1. The van der Waals surface area contributed by atoms with E-state index in [0.29, 0.717) is 11.1 Å². The summed E-state index contributed by atoms with van der Waals surface area (Å²) in [4.78, 5) is 18.8. The summed E-state index contributed by atoms with van der Waals surface area (Å²) < 4.78 is 5.83. The lowest BCUT2D eigenvalue weighted by atomic mass is 9.67. The number of Topliss-reactive ketones (excluding diaryl/α,β-unsaturated/α-hetero) is 1. The molecule has 1 saturated carbocycles. The third-order valence-electron chi connectivity index (χ3n) is 8.33. The lowest BCUT2D eigenvalue weighted by Gasteiger charge is -2.44. The lowest BCUT2D eigenvalue weighted by Crippen LogP contribution is -2.52. The van der Waals surface area contributed by atoms with E-state index in [1.807, 2.05) is 18.2 Å². The van der Waals surface area contributed by atoms with Crippen LogP contribution in [0.25, 0.3) is 5.57 Å². The molecule has 1 saturated heterocycles. The van der Waals surface area contributed by atoms with Gasteiger partial charge in [0.2, 0.25) is 0 Å². The van der Waals surface area contributed by atoms with Gasteiger partial charge in [0.1, 0.15) is 5.75 Å². The summed E-state index contributed by atoms with van der Waals surface area (Å²) >= 11 is 0. The Bertz CT molecular complexity index is 1190. The van der Waals surface area contributed by atoms with Gasteiger partial charge in [0.25, 0.3) is 0 Å². The number of ether oxygens (including phenoxy) is 1.